The highest BCUT2D eigenvalue weighted by atomic mass is 35.5. The minimum Gasteiger partial charge on any atom is -0.484 e. The average Bonchev–Trinajstić information content (AvgIpc) is 2.79. The zero-order valence-electron chi connectivity index (χ0n) is 17.9. The zero-order valence-corrected chi connectivity index (χ0v) is 19.4. The quantitative estimate of drug-likeness (QED) is 0.702. The summed E-state index contributed by atoms with van der Waals surface area (Å²) in [7, 11) is 0. The van der Waals surface area contributed by atoms with E-state index in [-0.39, 0.29) is 30.4 Å². The first-order valence-electron chi connectivity index (χ1n) is 10.8. The van der Waals surface area contributed by atoms with Crippen molar-refractivity contribution in [1.29, 1.82) is 0 Å². The van der Waals surface area contributed by atoms with E-state index in [1.165, 1.54) is 5.56 Å². The molecule has 170 valence electrons. The molecule has 0 radical (unpaired) electrons. The summed E-state index contributed by atoms with van der Waals surface area (Å²) in [5.74, 6) is 0.583. The van der Waals surface area contributed by atoms with Gasteiger partial charge in [0, 0.05) is 23.1 Å². The van der Waals surface area contributed by atoms with E-state index >= 15 is 0 Å². The van der Waals surface area contributed by atoms with Gasteiger partial charge in [-0.05, 0) is 66.3 Å². The van der Waals surface area contributed by atoms with E-state index in [0.29, 0.717) is 43.3 Å². The Morgan fingerprint density at radius 3 is 2.59 bits per heavy atom. The molecule has 6 nitrogen and oxygen atoms in total. The second-order valence-corrected chi connectivity index (χ2v) is 9.24. The number of benzene rings is 2. The molecular weight excluding hydrogens is 451 g/mol. The highest BCUT2D eigenvalue weighted by Gasteiger charge is 2.34. The van der Waals surface area contributed by atoms with Crippen molar-refractivity contribution >= 4 is 35.0 Å². The zero-order chi connectivity index (χ0) is 22.7. The molecule has 2 heterocycles. The molecule has 0 bridgehead atoms. The summed E-state index contributed by atoms with van der Waals surface area (Å²) in [5.41, 5.74) is 2.33. The first-order valence-corrected chi connectivity index (χ1v) is 11.5. The molecule has 1 N–H and O–H groups in total. The highest BCUT2D eigenvalue weighted by Crippen LogP contribution is 2.31. The Morgan fingerprint density at radius 1 is 1.12 bits per heavy atom. The van der Waals surface area contributed by atoms with Crippen LogP contribution >= 0.6 is 23.2 Å². The lowest BCUT2D eigenvalue weighted by molar-refractivity contribution is -0.149. The van der Waals surface area contributed by atoms with Crippen molar-refractivity contribution in [3.05, 3.63) is 63.6 Å². The van der Waals surface area contributed by atoms with Crippen LogP contribution < -0.4 is 10.1 Å². The molecule has 2 aliphatic rings. The van der Waals surface area contributed by atoms with Crippen molar-refractivity contribution in [2.45, 2.75) is 44.4 Å². The molecule has 0 saturated carbocycles. The summed E-state index contributed by atoms with van der Waals surface area (Å²) >= 11 is 12.0. The van der Waals surface area contributed by atoms with Gasteiger partial charge < -0.3 is 19.7 Å². The Kier molecular flexibility index (Phi) is 7.23. The Balaban J connectivity index is 1.23. The summed E-state index contributed by atoms with van der Waals surface area (Å²) in [5, 5.41) is 4.24. The Bertz CT molecular complexity index is 974. The molecule has 2 aromatic carbocycles. The predicted molar refractivity (Wildman–Crippen MR) is 123 cm³/mol. The average molecular weight is 477 g/mol. The van der Waals surface area contributed by atoms with Gasteiger partial charge in [0.1, 0.15) is 11.9 Å². The second-order valence-electron chi connectivity index (χ2n) is 8.37. The lowest BCUT2D eigenvalue weighted by Gasteiger charge is -2.37. The standard InChI is InChI=1S/C24H26Cl2N2O4/c1-15-11-28(12-16-2-3-18(26)10-21(15)16)24(30)22-9-6-19(13-32-22)27-23(29)14-31-20-7-4-17(25)5-8-20/h2-5,7-8,10,15,19,22H,6,9,11-14H2,1H3,(H,27,29)/t15-,19-,22+/m1/s1. The molecular formula is C24H26Cl2N2O4. The Morgan fingerprint density at radius 2 is 1.88 bits per heavy atom. The van der Waals surface area contributed by atoms with Crippen molar-refractivity contribution in [2.24, 2.45) is 0 Å². The summed E-state index contributed by atoms with van der Waals surface area (Å²) < 4.78 is 11.3. The number of ether oxygens (including phenoxy) is 2. The van der Waals surface area contributed by atoms with E-state index in [1.54, 1.807) is 24.3 Å². The number of carbonyl (C=O) groups excluding carboxylic acids is 2. The molecule has 1 fully saturated rings. The number of nitrogens with one attached hydrogen (secondary N) is 1. The third-order valence-electron chi connectivity index (χ3n) is 5.91. The molecule has 0 aromatic heterocycles. The van der Waals surface area contributed by atoms with Crippen molar-refractivity contribution < 1.29 is 19.1 Å². The fraction of sp³-hybridized carbons (Fsp3) is 0.417. The van der Waals surface area contributed by atoms with Crippen LogP contribution in [0.15, 0.2) is 42.5 Å². The molecule has 4 rings (SSSR count). The third kappa shape index (κ3) is 5.55. The minimum absolute atomic E-state index is 0.00768. The Labute approximate surface area is 197 Å². The molecule has 0 aliphatic carbocycles. The monoisotopic (exact) mass is 476 g/mol. The first kappa shape index (κ1) is 22.9. The van der Waals surface area contributed by atoms with Gasteiger partial charge in [0.15, 0.2) is 6.61 Å². The molecule has 2 amide bonds. The van der Waals surface area contributed by atoms with E-state index in [2.05, 4.69) is 12.2 Å². The van der Waals surface area contributed by atoms with Gasteiger partial charge >= 0.3 is 0 Å². The molecule has 3 atom stereocenters. The number of amides is 2. The summed E-state index contributed by atoms with van der Waals surface area (Å²) in [4.78, 5) is 27.1. The third-order valence-corrected chi connectivity index (χ3v) is 6.39. The minimum atomic E-state index is -0.477. The van der Waals surface area contributed by atoms with Gasteiger partial charge in [-0.1, -0.05) is 36.2 Å². The maximum Gasteiger partial charge on any atom is 0.258 e. The van der Waals surface area contributed by atoms with E-state index in [4.69, 9.17) is 32.7 Å². The van der Waals surface area contributed by atoms with Crippen LogP contribution in [0.5, 0.6) is 5.75 Å². The van der Waals surface area contributed by atoms with Crippen molar-refractivity contribution in [2.75, 3.05) is 19.8 Å². The van der Waals surface area contributed by atoms with Crippen LogP contribution in [0.2, 0.25) is 10.0 Å². The van der Waals surface area contributed by atoms with E-state index in [9.17, 15) is 9.59 Å². The number of carbonyl (C=O) groups is 2. The number of rotatable bonds is 5. The topological polar surface area (TPSA) is 67.9 Å². The van der Waals surface area contributed by atoms with Gasteiger partial charge in [-0.3, -0.25) is 9.59 Å². The normalized spacial score (nSPS) is 22.7. The summed E-state index contributed by atoms with van der Waals surface area (Å²) in [6.07, 6.45) is 0.772. The van der Waals surface area contributed by atoms with E-state index < -0.39 is 6.10 Å². The van der Waals surface area contributed by atoms with Crippen LogP contribution in [0.25, 0.3) is 0 Å². The number of hydrogen-bond donors (Lipinski definition) is 1. The van der Waals surface area contributed by atoms with Gasteiger partial charge in [-0.25, -0.2) is 0 Å². The van der Waals surface area contributed by atoms with Gasteiger partial charge in [0.25, 0.3) is 11.8 Å². The number of hydrogen-bond acceptors (Lipinski definition) is 4. The molecule has 0 unspecified atom stereocenters. The van der Waals surface area contributed by atoms with Crippen LogP contribution in [0.1, 0.15) is 36.8 Å². The second kappa shape index (κ2) is 10.1. The lowest BCUT2D eigenvalue weighted by atomic mass is 9.90. The largest absolute Gasteiger partial charge is 0.484 e. The van der Waals surface area contributed by atoms with Gasteiger partial charge in [-0.15, -0.1) is 0 Å². The molecule has 2 aromatic rings. The molecule has 1 saturated heterocycles. The molecule has 0 spiro atoms. The Hall–Kier alpha value is -2.28. The fourth-order valence-electron chi connectivity index (χ4n) is 4.25. The highest BCUT2D eigenvalue weighted by molar-refractivity contribution is 6.30. The predicted octanol–water partition coefficient (Wildman–Crippen LogP) is 4.18. The van der Waals surface area contributed by atoms with Crippen LogP contribution in [-0.4, -0.2) is 48.6 Å². The van der Waals surface area contributed by atoms with Crippen LogP contribution in [-0.2, 0) is 20.9 Å². The first-order chi connectivity index (χ1) is 15.4. The number of fused-ring (bicyclic) bond motifs is 1. The molecule has 2 aliphatic heterocycles. The SMILES string of the molecule is C[C@@H]1CN(C(=O)[C@@H]2CC[C@@H](NC(=O)COc3ccc(Cl)cc3)CO2)Cc2ccc(Cl)cc21. The molecule has 32 heavy (non-hydrogen) atoms. The lowest BCUT2D eigenvalue weighted by Crippen LogP contribution is -2.50. The smallest absolute Gasteiger partial charge is 0.258 e. The van der Waals surface area contributed by atoms with Crippen LogP contribution in [0, 0.1) is 0 Å². The van der Waals surface area contributed by atoms with Crippen molar-refractivity contribution in [3.63, 3.8) is 0 Å². The summed E-state index contributed by atoms with van der Waals surface area (Å²) in [6.45, 7) is 3.54. The van der Waals surface area contributed by atoms with Gasteiger partial charge in [-0.2, -0.15) is 0 Å². The van der Waals surface area contributed by atoms with Crippen molar-refractivity contribution in [1.82, 2.24) is 10.2 Å². The van der Waals surface area contributed by atoms with Crippen LogP contribution in [0.4, 0.5) is 0 Å². The van der Waals surface area contributed by atoms with Gasteiger partial charge in [0.2, 0.25) is 0 Å². The maximum atomic E-state index is 13.0. The number of nitrogens with zero attached hydrogens (tertiary/aromatic N) is 1. The van der Waals surface area contributed by atoms with Crippen molar-refractivity contribution in [3.8, 4) is 5.75 Å². The molecule has 8 heteroatoms. The van der Waals surface area contributed by atoms with Gasteiger partial charge in [0.05, 0.1) is 12.6 Å². The van der Waals surface area contributed by atoms with E-state index in [0.717, 1.165) is 10.6 Å². The van der Waals surface area contributed by atoms with Crippen LogP contribution in [0.3, 0.4) is 0 Å². The van der Waals surface area contributed by atoms with E-state index in [1.807, 2.05) is 23.1 Å². The summed E-state index contributed by atoms with van der Waals surface area (Å²) in [6, 6.07) is 12.5. The maximum absolute atomic E-state index is 13.0. The fourth-order valence-corrected chi connectivity index (χ4v) is 4.55. The number of halogens is 2.